The van der Waals surface area contributed by atoms with Crippen LogP contribution in [0.3, 0.4) is 0 Å². The summed E-state index contributed by atoms with van der Waals surface area (Å²) in [6.45, 7) is 6.94. The third-order valence-electron chi connectivity index (χ3n) is 4.70. The van der Waals surface area contributed by atoms with Crippen LogP contribution >= 0.6 is 0 Å². The van der Waals surface area contributed by atoms with Gasteiger partial charge in [0.25, 0.3) is 0 Å². The van der Waals surface area contributed by atoms with Gasteiger partial charge in [0.15, 0.2) is 0 Å². The fourth-order valence-corrected chi connectivity index (χ4v) is 3.14. The maximum atomic E-state index is 12.4. The molecule has 0 spiro atoms. The van der Waals surface area contributed by atoms with Crippen molar-refractivity contribution in [2.75, 3.05) is 23.4 Å². The van der Waals surface area contributed by atoms with E-state index >= 15 is 0 Å². The minimum Gasteiger partial charge on any atom is -0.492 e. The van der Waals surface area contributed by atoms with Crippen LogP contribution in [0.5, 0.6) is 5.75 Å². The van der Waals surface area contributed by atoms with E-state index in [2.05, 4.69) is 10.6 Å². The molecule has 6 heteroatoms. The van der Waals surface area contributed by atoms with Crippen molar-refractivity contribution in [3.05, 3.63) is 53.6 Å². The van der Waals surface area contributed by atoms with Crippen molar-refractivity contribution < 1.29 is 14.3 Å². The molecular weight excluding hydrogens is 342 g/mol. The van der Waals surface area contributed by atoms with Gasteiger partial charge in [0.1, 0.15) is 5.75 Å². The van der Waals surface area contributed by atoms with Crippen LogP contribution in [-0.4, -0.2) is 31.1 Å². The van der Waals surface area contributed by atoms with Gasteiger partial charge in [-0.1, -0.05) is 18.2 Å². The second-order valence-electron chi connectivity index (χ2n) is 6.70. The van der Waals surface area contributed by atoms with E-state index in [-0.39, 0.29) is 24.4 Å². The number of rotatable bonds is 5. The van der Waals surface area contributed by atoms with E-state index in [9.17, 15) is 9.59 Å². The standard InChI is InChI=1S/C21H25N3O3/c1-4-27-19-8-6-5-7-18(19)23-21(26)22-16-12-20(25)24(13-16)17-10-9-14(2)15(3)11-17/h5-11,16H,4,12-13H2,1-3H3,(H2,22,23,26)/t16-/m1/s1. The van der Waals surface area contributed by atoms with E-state index in [0.717, 1.165) is 11.3 Å². The predicted molar refractivity (Wildman–Crippen MR) is 106 cm³/mol. The Hall–Kier alpha value is -3.02. The van der Waals surface area contributed by atoms with Gasteiger partial charge in [-0.2, -0.15) is 0 Å². The van der Waals surface area contributed by atoms with Gasteiger partial charge >= 0.3 is 6.03 Å². The van der Waals surface area contributed by atoms with Gasteiger partial charge in [0, 0.05) is 18.7 Å². The normalized spacial score (nSPS) is 16.3. The average molecular weight is 367 g/mol. The van der Waals surface area contributed by atoms with Gasteiger partial charge in [-0.05, 0) is 56.2 Å². The molecule has 0 aromatic heterocycles. The lowest BCUT2D eigenvalue weighted by molar-refractivity contribution is -0.117. The van der Waals surface area contributed by atoms with Crippen molar-refractivity contribution in [1.82, 2.24) is 5.32 Å². The van der Waals surface area contributed by atoms with Crippen LogP contribution in [0.25, 0.3) is 0 Å². The van der Waals surface area contributed by atoms with Crippen molar-refractivity contribution in [3.8, 4) is 5.75 Å². The van der Waals surface area contributed by atoms with Crippen LogP contribution in [0, 0.1) is 13.8 Å². The Morgan fingerprint density at radius 3 is 2.70 bits per heavy atom. The topological polar surface area (TPSA) is 70.7 Å². The Balaban J connectivity index is 1.62. The van der Waals surface area contributed by atoms with E-state index in [1.807, 2.05) is 51.1 Å². The van der Waals surface area contributed by atoms with Gasteiger partial charge in [-0.15, -0.1) is 0 Å². The number of carbonyl (C=O) groups is 2. The number of hydrogen-bond acceptors (Lipinski definition) is 3. The SMILES string of the molecule is CCOc1ccccc1NC(=O)N[C@@H]1CC(=O)N(c2ccc(C)c(C)c2)C1. The van der Waals surface area contributed by atoms with Crippen LogP contribution in [-0.2, 0) is 4.79 Å². The summed E-state index contributed by atoms with van der Waals surface area (Å²) in [4.78, 5) is 26.5. The fraction of sp³-hybridized carbons (Fsp3) is 0.333. The molecule has 1 saturated heterocycles. The quantitative estimate of drug-likeness (QED) is 0.848. The summed E-state index contributed by atoms with van der Waals surface area (Å²) < 4.78 is 5.52. The van der Waals surface area contributed by atoms with Crippen molar-refractivity contribution >= 4 is 23.3 Å². The number of urea groups is 1. The van der Waals surface area contributed by atoms with E-state index < -0.39 is 0 Å². The number of carbonyl (C=O) groups excluding carboxylic acids is 2. The smallest absolute Gasteiger partial charge is 0.319 e. The minimum atomic E-state index is -0.345. The second kappa shape index (κ2) is 8.12. The number of nitrogens with zero attached hydrogens (tertiary/aromatic N) is 1. The van der Waals surface area contributed by atoms with Gasteiger partial charge in [-0.25, -0.2) is 4.79 Å². The first-order valence-electron chi connectivity index (χ1n) is 9.15. The zero-order valence-electron chi connectivity index (χ0n) is 15.9. The summed E-state index contributed by atoms with van der Waals surface area (Å²) in [6, 6.07) is 12.7. The van der Waals surface area contributed by atoms with E-state index in [1.54, 1.807) is 17.0 Å². The number of amides is 3. The molecular formula is C21H25N3O3. The Kier molecular flexibility index (Phi) is 5.64. The molecule has 1 heterocycles. The lowest BCUT2D eigenvalue weighted by Crippen LogP contribution is -2.39. The molecule has 0 aliphatic carbocycles. The Morgan fingerprint density at radius 2 is 1.96 bits per heavy atom. The van der Waals surface area contributed by atoms with Crippen LogP contribution < -0.4 is 20.3 Å². The molecule has 3 rings (SSSR count). The van der Waals surface area contributed by atoms with Crippen LogP contribution in [0.4, 0.5) is 16.2 Å². The summed E-state index contributed by atoms with van der Waals surface area (Å²) in [7, 11) is 0. The minimum absolute atomic E-state index is 0.0123. The van der Waals surface area contributed by atoms with Gasteiger partial charge in [-0.3, -0.25) is 4.79 Å². The first-order valence-corrected chi connectivity index (χ1v) is 9.15. The van der Waals surface area contributed by atoms with E-state index in [1.165, 1.54) is 5.56 Å². The fourth-order valence-electron chi connectivity index (χ4n) is 3.14. The van der Waals surface area contributed by atoms with Gasteiger partial charge in [0.05, 0.1) is 18.3 Å². The summed E-state index contributed by atoms with van der Waals surface area (Å²) in [5, 5.41) is 5.69. The molecule has 1 fully saturated rings. The molecule has 2 aromatic carbocycles. The highest BCUT2D eigenvalue weighted by Crippen LogP contribution is 2.25. The summed E-state index contributed by atoms with van der Waals surface area (Å²) in [5.41, 5.74) is 3.80. The Bertz CT molecular complexity index is 850. The van der Waals surface area contributed by atoms with Crippen molar-refractivity contribution in [1.29, 1.82) is 0 Å². The molecule has 1 aliphatic heterocycles. The Morgan fingerprint density at radius 1 is 1.19 bits per heavy atom. The first-order chi connectivity index (χ1) is 13.0. The predicted octanol–water partition coefficient (Wildman–Crippen LogP) is 3.63. The largest absolute Gasteiger partial charge is 0.492 e. The first kappa shape index (κ1) is 18.8. The number of ether oxygens (including phenoxy) is 1. The summed E-state index contributed by atoms with van der Waals surface area (Å²) >= 11 is 0. The molecule has 1 aliphatic rings. The van der Waals surface area contributed by atoms with Crippen LogP contribution in [0.15, 0.2) is 42.5 Å². The monoisotopic (exact) mass is 367 g/mol. The molecule has 2 aromatic rings. The molecule has 3 amide bonds. The molecule has 0 radical (unpaired) electrons. The summed E-state index contributed by atoms with van der Waals surface area (Å²) in [6.07, 6.45) is 0.285. The summed E-state index contributed by atoms with van der Waals surface area (Å²) in [5.74, 6) is 0.632. The highest BCUT2D eigenvalue weighted by Gasteiger charge is 2.31. The van der Waals surface area contributed by atoms with Crippen LogP contribution in [0.1, 0.15) is 24.5 Å². The van der Waals surface area contributed by atoms with Crippen molar-refractivity contribution in [2.24, 2.45) is 0 Å². The van der Waals surface area contributed by atoms with E-state index in [4.69, 9.17) is 4.74 Å². The molecule has 6 nitrogen and oxygen atoms in total. The second-order valence-corrected chi connectivity index (χ2v) is 6.70. The Labute approximate surface area is 159 Å². The number of nitrogens with one attached hydrogen (secondary N) is 2. The van der Waals surface area contributed by atoms with Crippen LogP contribution in [0.2, 0.25) is 0 Å². The van der Waals surface area contributed by atoms with Gasteiger partial charge in [0.2, 0.25) is 5.91 Å². The third kappa shape index (κ3) is 4.39. The molecule has 0 unspecified atom stereocenters. The molecule has 142 valence electrons. The molecule has 1 atom stereocenters. The average Bonchev–Trinajstić information content (AvgIpc) is 2.99. The number of anilines is 2. The number of hydrogen-bond donors (Lipinski definition) is 2. The third-order valence-corrected chi connectivity index (χ3v) is 4.70. The van der Waals surface area contributed by atoms with Crippen molar-refractivity contribution in [2.45, 2.75) is 33.2 Å². The van der Waals surface area contributed by atoms with Crippen molar-refractivity contribution in [3.63, 3.8) is 0 Å². The lowest BCUT2D eigenvalue weighted by Gasteiger charge is -2.19. The molecule has 0 bridgehead atoms. The highest BCUT2D eigenvalue weighted by atomic mass is 16.5. The number of benzene rings is 2. The molecule has 2 N–H and O–H groups in total. The molecule has 27 heavy (non-hydrogen) atoms. The zero-order valence-corrected chi connectivity index (χ0v) is 15.9. The number of para-hydroxylation sites is 2. The zero-order chi connectivity index (χ0) is 19.4. The maximum absolute atomic E-state index is 12.4. The number of aryl methyl sites for hydroxylation is 2. The maximum Gasteiger partial charge on any atom is 0.319 e. The van der Waals surface area contributed by atoms with E-state index in [0.29, 0.717) is 24.6 Å². The highest BCUT2D eigenvalue weighted by molar-refractivity contribution is 5.98. The lowest BCUT2D eigenvalue weighted by atomic mass is 10.1. The molecule has 0 saturated carbocycles. The van der Waals surface area contributed by atoms with Gasteiger partial charge < -0.3 is 20.3 Å².